The van der Waals surface area contributed by atoms with E-state index in [4.69, 9.17) is 0 Å². The van der Waals surface area contributed by atoms with Gasteiger partial charge in [0, 0.05) is 23.9 Å². The second-order valence-electron chi connectivity index (χ2n) is 8.09. The smallest absolute Gasteiger partial charge is 0.254 e. The molecule has 0 spiro atoms. The van der Waals surface area contributed by atoms with E-state index in [1.165, 1.54) is 12.4 Å². The number of halogens is 1. The molecular formula is C24H24FN7O. The molecule has 1 N–H and O–H groups in total. The van der Waals surface area contributed by atoms with Crippen molar-refractivity contribution in [2.75, 3.05) is 0 Å². The zero-order valence-electron chi connectivity index (χ0n) is 18.9. The second-order valence-corrected chi connectivity index (χ2v) is 8.09. The second kappa shape index (κ2) is 9.23. The van der Waals surface area contributed by atoms with Gasteiger partial charge in [-0.15, -0.1) is 0 Å². The number of nitrogens with zero attached hydrogens (tertiary/aromatic N) is 6. The molecular weight excluding hydrogens is 421 g/mol. The van der Waals surface area contributed by atoms with E-state index in [0.717, 1.165) is 11.3 Å². The Labute approximate surface area is 191 Å². The Bertz CT molecular complexity index is 1280. The first kappa shape index (κ1) is 22.2. The standard InChI is InChI=1S/C24H24FN7O/c1-14(2)23-30-13-31-32(23)18-7-19(21-6-5-15(3)9-28-21)22(25)20(8-18)24(33)29-12-17-11-26-16(4)10-27-17/h5-11,13-14H,12H2,1-4H3,(H,29,33). The van der Waals surface area contributed by atoms with Crippen molar-refractivity contribution in [1.29, 1.82) is 0 Å². The molecule has 0 saturated carbocycles. The van der Waals surface area contributed by atoms with Crippen molar-refractivity contribution in [2.45, 2.75) is 40.2 Å². The molecule has 0 saturated heterocycles. The zero-order valence-corrected chi connectivity index (χ0v) is 18.9. The van der Waals surface area contributed by atoms with Gasteiger partial charge in [-0.05, 0) is 37.6 Å². The molecule has 0 bridgehead atoms. The summed E-state index contributed by atoms with van der Waals surface area (Å²) in [6.45, 7) is 7.83. The number of pyridine rings is 1. The van der Waals surface area contributed by atoms with Crippen molar-refractivity contribution < 1.29 is 9.18 Å². The Morgan fingerprint density at radius 2 is 1.88 bits per heavy atom. The third-order valence-electron chi connectivity index (χ3n) is 5.09. The first-order chi connectivity index (χ1) is 15.8. The van der Waals surface area contributed by atoms with E-state index < -0.39 is 11.7 Å². The van der Waals surface area contributed by atoms with Gasteiger partial charge in [-0.25, -0.2) is 14.1 Å². The summed E-state index contributed by atoms with van der Waals surface area (Å²) in [5, 5.41) is 7.03. The molecule has 0 radical (unpaired) electrons. The van der Waals surface area contributed by atoms with E-state index in [0.29, 0.717) is 22.9 Å². The monoisotopic (exact) mass is 445 g/mol. The van der Waals surface area contributed by atoms with Crippen LogP contribution in [0.25, 0.3) is 16.9 Å². The normalized spacial score (nSPS) is 11.1. The fourth-order valence-corrected chi connectivity index (χ4v) is 3.33. The largest absolute Gasteiger partial charge is 0.346 e. The van der Waals surface area contributed by atoms with Crippen LogP contribution < -0.4 is 5.32 Å². The fourth-order valence-electron chi connectivity index (χ4n) is 3.33. The van der Waals surface area contributed by atoms with Gasteiger partial charge in [-0.1, -0.05) is 19.9 Å². The number of aryl methyl sites for hydroxylation is 2. The van der Waals surface area contributed by atoms with Gasteiger partial charge in [0.25, 0.3) is 5.91 Å². The van der Waals surface area contributed by atoms with Crippen LogP contribution in [0.2, 0.25) is 0 Å². The van der Waals surface area contributed by atoms with Gasteiger partial charge in [0.1, 0.15) is 18.0 Å². The predicted molar refractivity (Wildman–Crippen MR) is 121 cm³/mol. The van der Waals surface area contributed by atoms with Gasteiger partial charge in [0.05, 0.1) is 41.1 Å². The molecule has 0 fully saturated rings. The van der Waals surface area contributed by atoms with Gasteiger partial charge in [0.2, 0.25) is 0 Å². The third-order valence-corrected chi connectivity index (χ3v) is 5.09. The number of carbonyl (C=O) groups excluding carboxylic acids is 1. The molecule has 0 aliphatic rings. The summed E-state index contributed by atoms with van der Waals surface area (Å²) in [5.41, 5.74) is 3.33. The van der Waals surface area contributed by atoms with E-state index in [9.17, 15) is 4.79 Å². The molecule has 9 heteroatoms. The lowest BCUT2D eigenvalue weighted by Crippen LogP contribution is -2.25. The van der Waals surface area contributed by atoms with Crippen LogP contribution in [0.4, 0.5) is 4.39 Å². The van der Waals surface area contributed by atoms with Crippen molar-refractivity contribution in [3.8, 4) is 16.9 Å². The number of hydrogen-bond donors (Lipinski definition) is 1. The van der Waals surface area contributed by atoms with E-state index in [1.54, 1.807) is 35.4 Å². The Hall–Kier alpha value is -4.01. The van der Waals surface area contributed by atoms with Gasteiger partial charge in [-0.3, -0.25) is 19.7 Å². The van der Waals surface area contributed by atoms with E-state index >= 15 is 4.39 Å². The minimum atomic E-state index is -0.659. The van der Waals surface area contributed by atoms with Crippen LogP contribution in [0.1, 0.15) is 52.9 Å². The SMILES string of the molecule is Cc1ccc(-c2cc(-n3ncnc3C(C)C)cc(C(=O)NCc3cnc(C)cn3)c2F)nc1. The maximum absolute atomic E-state index is 15.6. The molecule has 0 unspecified atom stereocenters. The molecule has 4 rings (SSSR count). The minimum absolute atomic E-state index is 0.0795. The van der Waals surface area contributed by atoms with Crippen LogP contribution in [-0.2, 0) is 6.54 Å². The number of rotatable bonds is 6. The van der Waals surface area contributed by atoms with Crippen LogP contribution in [-0.4, -0.2) is 35.6 Å². The van der Waals surface area contributed by atoms with Crippen molar-refractivity contribution >= 4 is 5.91 Å². The average molecular weight is 446 g/mol. The number of nitrogens with one attached hydrogen (secondary N) is 1. The molecule has 1 amide bonds. The lowest BCUT2D eigenvalue weighted by Gasteiger charge is -2.14. The van der Waals surface area contributed by atoms with Gasteiger partial charge >= 0.3 is 0 Å². The van der Waals surface area contributed by atoms with Gasteiger partial charge in [0.15, 0.2) is 0 Å². The van der Waals surface area contributed by atoms with Crippen LogP contribution in [0.3, 0.4) is 0 Å². The number of carbonyl (C=O) groups is 1. The Balaban J connectivity index is 1.76. The summed E-state index contributed by atoms with van der Waals surface area (Å²) in [6, 6.07) is 6.69. The third kappa shape index (κ3) is 4.77. The van der Waals surface area contributed by atoms with E-state index in [-0.39, 0.29) is 23.6 Å². The average Bonchev–Trinajstić information content (AvgIpc) is 3.30. The maximum atomic E-state index is 15.6. The van der Waals surface area contributed by atoms with E-state index in [2.05, 4.69) is 30.4 Å². The summed E-state index contributed by atoms with van der Waals surface area (Å²) in [6.07, 6.45) is 6.29. The Morgan fingerprint density at radius 1 is 1.06 bits per heavy atom. The minimum Gasteiger partial charge on any atom is -0.346 e. The lowest BCUT2D eigenvalue weighted by molar-refractivity contribution is 0.0946. The number of amides is 1. The summed E-state index contributed by atoms with van der Waals surface area (Å²) < 4.78 is 17.2. The first-order valence-electron chi connectivity index (χ1n) is 10.6. The molecule has 1 aromatic carbocycles. The van der Waals surface area contributed by atoms with Crippen LogP contribution in [0.5, 0.6) is 0 Å². The van der Waals surface area contributed by atoms with Crippen molar-refractivity contribution in [3.05, 3.63) is 83.3 Å². The van der Waals surface area contributed by atoms with Crippen LogP contribution in [0, 0.1) is 19.7 Å². The summed E-state index contributed by atoms with van der Waals surface area (Å²) in [4.78, 5) is 30.1. The Morgan fingerprint density at radius 3 is 2.55 bits per heavy atom. The van der Waals surface area contributed by atoms with Gasteiger partial charge in [-0.2, -0.15) is 5.10 Å². The number of benzene rings is 1. The number of hydrogen-bond acceptors (Lipinski definition) is 6. The molecule has 168 valence electrons. The fraction of sp³-hybridized carbons (Fsp3) is 0.250. The highest BCUT2D eigenvalue weighted by Gasteiger charge is 2.21. The van der Waals surface area contributed by atoms with Crippen molar-refractivity contribution in [2.24, 2.45) is 0 Å². The molecule has 0 aliphatic carbocycles. The van der Waals surface area contributed by atoms with Gasteiger partial charge < -0.3 is 5.32 Å². The molecule has 0 aliphatic heterocycles. The molecule has 0 atom stereocenters. The molecule has 8 nitrogen and oxygen atoms in total. The quantitative estimate of drug-likeness (QED) is 0.483. The zero-order chi connectivity index (χ0) is 23.5. The molecule has 3 heterocycles. The lowest BCUT2D eigenvalue weighted by atomic mass is 10.0. The van der Waals surface area contributed by atoms with Crippen LogP contribution >= 0.6 is 0 Å². The van der Waals surface area contributed by atoms with Crippen molar-refractivity contribution in [1.82, 2.24) is 35.0 Å². The summed E-state index contributed by atoms with van der Waals surface area (Å²) in [5.74, 6) is -0.452. The number of aromatic nitrogens is 6. The summed E-state index contributed by atoms with van der Waals surface area (Å²) >= 11 is 0. The highest BCUT2D eigenvalue weighted by Crippen LogP contribution is 2.28. The van der Waals surface area contributed by atoms with Crippen molar-refractivity contribution in [3.63, 3.8) is 0 Å². The summed E-state index contributed by atoms with van der Waals surface area (Å²) in [7, 11) is 0. The highest BCUT2D eigenvalue weighted by atomic mass is 19.1. The Kier molecular flexibility index (Phi) is 6.21. The van der Waals surface area contributed by atoms with E-state index in [1.807, 2.05) is 33.8 Å². The molecule has 4 aromatic rings. The van der Waals surface area contributed by atoms with Crippen LogP contribution in [0.15, 0.2) is 49.2 Å². The first-order valence-corrected chi connectivity index (χ1v) is 10.6. The highest BCUT2D eigenvalue weighted by molar-refractivity contribution is 5.96. The predicted octanol–water partition coefficient (Wildman–Crippen LogP) is 3.93. The molecule has 33 heavy (non-hydrogen) atoms. The molecule has 3 aromatic heterocycles. The topological polar surface area (TPSA) is 98.5 Å². The maximum Gasteiger partial charge on any atom is 0.254 e.